The van der Waals surface area contributed by atoms with Crippen LogP contribution in [0.25, 0.3) is 0 Å². The molecular formula is C21H26N4O4. The van der Waals surface area contributed by atoms with Crippen LogP contribution in [0.3, 0.4) is 0 Å². The number of benzene rings is 1. The van der Waals surface area contributed by atoms with E-state index in [1.165, 1.54) is 4.90 Å². The molecule has 1 atom stereocenters. The third-order valence-electron chi connectivity index (χ3n) is 4.97. The standard InChI is InChI=1S/C21H26N4O4/c1-15-11-18(23-29-15)22-19(26)14-24(2)21(28)17-9-6-10-25(13-17)20(27)12-16-7-4-3-5-8-16/h3-5,7-8,11,17H,6,9-10,12-14H2,1-2H3,(H,22,23,26)/t17-/m0/s1. The molecule has 1 aromatic carbocycles. The fourth-order valence-electron chi connectivity index (χ4n) is 3.50. The Hall–Kier alpha value is -3.16. The lowest BCUT2D eigenvalue weighted by Gasteiger charge is -2.34. The second-order valence-corrected chi connectivity index (χ2v) is 7.41. The van der Waals surface area contributed by atoms with Crippen molar-refractivity contribution in [3.63, 3.8) is 0 Å². The lowest BCUT2D eigenvalue weighted by atomic mass is 9.96. The summed E-state index contributed by atoms with van der Waals surface area (Å²) in [5.74, 6) is 0.164. The van der Waals surface area contributed by atoms with Gasteiger partial charge in [0.2, 0.25) is 17.7 Å². The van der Waals surface area contributed by atoms with E-state index in [2.05, 4.69) is 10.5 Å². The van der Waals surface area contributed by atoms with Gasteiger partial charge >= 0.3 is 0 Å². The molecule has 1 aromatic heterocycles. The SMILES string of the molecule is Cc1cc(NC(=O)CN(C)C(=O)[C@H]2CCCN(C(=O)Cc3ccccc3)C2)no1. The van der Waals surface area contributed by atoms with Crippen LogP contribution in [0.2, 0.25) is 0 Å². The third kappa shape index (κ3) is 5.66. The number of nitrogens with one attached hydrogen (secondary N) is 1. The first-order valence-electron chi connectivity index (χ1n) is 9.72. The van der Waals surface area contributed by atoms with Gasteiger partial charge in [-0.25, -0.2) is 0 Å². The average molecular weight is 398 g/mol. The van der Waals surface area contributed by atoms with E-state index >= 15 is 0 Å². The summed E-state index contributed by atoms with van der Waals surface area (Å²) >= 11 is 0. The van der Waals surface area contributed by atoms with E-state index < -0.39 is 0 Å². The van der Waals surface area contributed by atoms with Crippen molar-refractivity contribution in [3.05, 3.63) is 47.7 Å². The van der Waals surface area contributed by atoms with Gasteiger partial charge in [0.25, 0.3) is 0 Å². The highest BCUT2D eigenvalue weighted by molar-refractivity contribution is 5.94. The number of likely N-dealkylation sites (N-methyl/N-ethyl adjacent to an activating group) is 1. The van der Waals surface area contributed by atoms with E-state index in [1.54, 1.807) is 24.9 Å². The van der Waals surface area contributed by atoms with Gasteiger partial charge in [0.15, 0.2) is 5.82 Å². The number of hydrogen-bond donors (Lipinski definition) is 1. The first-order valence-corrected chi connectivity index (χ1v) is 9.72. The van der Waals surface area contributed by atoms with Crippen molar-refractivity contribution in [2.24, 2.45) is 5.92 Å². The van der Waals surface area contributed by atoms with Crippen LogP contribution in [-0.4, -0.2) is 59.4 Å². The molecule has 1 N–H and O–H groups in total. The number of aryl methyl sites for hydroxylation is 1. The molecule has 8 nitrogen and oxygen atoms in total. The van der Waals surface area contributed by atoms with Crippen molar-refractivity contribution in [3.8, 4) is 0 Å². The number of amides is 3. The summed E-state index contributed by atoms with van der Waals surface area (Å²) < 4.78 is 4.91. The maximum Gasteiger partial charge on any atom is 0.245 e. The molecule has 8 heteroatoms. The topological polar surface area (TPSA) is 95.8 Å². The van der Waals surface area contributed by atoms with Gasteiger partial charge in [-0.1, -0.05) is 35.5 Å². The molecule has 0 unspecified atom stereocenters. The van der Waals surface area contributed by atoms with E-state index in [0.717, 1.165) is 12.0 Å². The van der Waals surface area contributed by atoms with Crippen LogP contribution < -0.4 is 5.32 Å². The summed E-state index contributed by atoms with van der Waals surface area (Å²) in [6.07, 6.45) is 1.81. The van der Waals surface area contributed by atoms with E-state index in [4.69, 9.17) is 4.52 Å². The minimum Gasteiger partial charge on any atom is -0.360 e. The van der Waals surface area contributed by atoms with Crippen LogP contribution in [0, 0.1) is 12.8 Å². The Kier molecular flexibility index (Phi) is 6.64. The Bertz CT molecular complexity index is 865. The van der Waals surface area contributed by atoms with E-state index in [-0.39, 0.29) is 30.2 Å². The van der Waals surface area contributed by atoms with Gasteiger partial charge < -0.3 is 19.6 Å². The highest BCUT2D eigenvalue weighted by Gasteiger charge is 2.30. The van der Waals surface area contributed by atoms with Crippen molar-refractivity contribution in [2.45, 2.75) is 26.2 Å². The van der Waals surface area contributed by atoms with Crippen molar-refractivity contribution >= 4 is 23.5 Å². The number of anilines is 1. The molecule has 2 aromatic rings. The normalized spacial score (nSPS) is 16.3. The Balaban J connectivity index is 1.51. The van der Waals surface area contributed by atoms with Crippen molar-refractivity contribution in [2.75, 3.05) is 32.0 Å². The molecule has 29 heavy (non-hydrogen) atoms. The second kappa shape index (κ2) is 9.36. The molecule has 0 radical (unpaired) electrons. The molecule has 3 rings (SSSR count). The smallest absolute Gasteiger partial charge is 0.245 e. The molecule has 154 valence electrons. The summed E-state index contributed by atoms with van der Waals surface area (Å²) in [5, 5.41) is 6.31. The summed E-state index contributed by atoms with van der Waals surface area (Å²) in [7, 11) is 1.60. The number of piperidine rings is 1. The van der Waals surface area contributed by atoms with E-state index in [1.807, 2.05) is 30.3 Å². The Labute approximate surface area is 169 Å². The monoisotopic (exact) mass is 398 g/mol. The van der Waals surface area contributed by atoms with Gasteiger partial charge in [0, 0.05) is 26.2 Å². The molecule has 0 spiro atoms. The molecule has 3 amide bonds. The summed E-state index contributed by atoms with van der Waals surface area (Å²) in [6, 6.07) is 11.2. The van der Waals surface area contributed by atoms with Crippen molar-refractivity contribution in [1.29, 1.82) is 0 Å². The fourth-order valence-corrected chi connectivity index (χ4v) is 3.50. The molecule has 1 fully saturated rings. The lowest BCUT2D eigenvalue weighted by Crippen LogP contribution is -2.47. The number of hydrogen-bond acceptors (Lipinski definition) is 5. The number of likely N-dealkylation sites (tertiary alicyclic amines) is 1. The first-order chi connectivity index (χ1) is 13.9. The lowest BCUT2D eigenvalue weighted by molar-refractivity contribution is -0.141. The van der Waals surface area contributed by atoms with Gasteiger partial charge in [-0.15, -0.1) is 0 Å². The van der Waals surface area contributed by atoms with Crippen LogP contribution in [0.4, 0.5) is 5.82 Å². The van der Waals surface area contributed by atoms with Gasteiger partial charge in [-0.3, -0.25) is 14.4 Å². The minimum atomic E-state index is -0.345. The van der Waals surface area contributed by atoms with E-state index in [9.17, 15) is 14.4 Å². The molecule has 0 aliphatic carbocycles. The maximum absolute atomic E-state index is 12.8. The zero-order chi connectivity index (χ0) is 20.8. The van der Waals surface area contributed by atoms with Crippen molar-refractivity contribution in [1.82, 2.24) is 15.0 Å². The Morgan fingerprint density at radius 2 is 2.03 bits per heavy atom. The fraction of sp³-hybridized carbons (Fsp3) is 0.429. The highest BCUT2D eigenvalue weighted by atomic mass is 16.5. The summed E-state index contributed by atoms with van der Waals surface area (Å²) in [6.45, 7) is 2.69. The Morgan fingerprint density at radius 1 is 1.28 bits per heavy atom. The number of nitrogens with zero attached hydrogens (tertiary/aromatic N) is 3. The molecule has 2 heterocycles. The van der Waals surface area contributed by atoms with E-state index in [0.29, 0.717) is 37.5 Å². The number of carbonyl (C=O) groups is 3. The zero-order valence-corrected chi connectivity index (χ0v) is 16.8. The van der Waals surface area contributed by atoms with Gasteiger partial charge in [-0.2, -0.15) is 0 Å². The molecular weight excluding hydrogens is 372 g/mol. The molecule has 0 bridgehead atoms. The molecule has 1 aliphatic rings. The van der Waals surface area contributed by atoms with Crippen LogP contribution in [0.1, 0.15) is 24.2 Å². The number of rotatable bonds is 6. The summed E-state index contributed by atoms with van der Waals surface area (Å²) in [5.41, 5.74) is 0.961. The van der Waals surface area contributed by atoms with Crippen LogP contribution in [0.5, 0.6) is 0 Å². The van der Waals surface area contributed by atoms with Crippen molar-refractivity contribution < 1.29 is 18.9 Å². The molecule has 1 saturated heterocycles. The van der Waals surface area contributed by atoms with Gasteiger partial charge in [-0.05, 0) is 25.3 Å². The first kappa shape index (κ1) is 20.6. The summed E-state index contributed by atoms with van der Waals surface area (Å²) in [4.78, 5) is 40.7. The van der Waals surface area contributed by atoms with Crippen LogP contribution in [0.15, 0.2) is 40.9 Å². The maximum atomic E-state index is 12.8. The largest absolute Gasteiger partial charge is 0.360 e. The van der Waals surface area contributed by atoms with Crippen LogP contribution in [-0.2, 0) is 20.8 Å². The quantitative estimate of drug-likeness (QED) is 0.801. The highest BCUT2D eigenvalue weighted by Crippen LogP contribution is 2.19. The minimum absolute atomic E-state index is 0.0236. The second-order valence-electron chi connectivity index (χ2n) is 7.41. The number of carbonyl (C=O) groups excluding carboxylic acids is 3. The molecule has 0 saturated carbocycles. The predicted molar refractivity (Wildman–Crippen MR) is 107 cm³/mol. The third-order valence-corrected chi connectivity index (χ3v) is 4.97. The predicted octanol–water partition coefficient (Wildman–Crippen LogP) is 1.86. The molecule has 1 aliphatic heterocycles. The zero-order valence-electron chi connectivity index (χ0n) is 16.8. The Morgan fingerprint density at radius 3 is 2.72 bits per heavy atom. The van der Waals surface area contributed by atoms with Gasteiger partial charge in [0.1, 0.15) is 5.76 Å². The average Bonchev–Trinajstić information content (AvgIpc) is 3.12. The number of aromatic nitrogens is 1. The van der Waals surface area contributed by atoms with Crippen LogP contribution >= 0.6 is 0 Å². The van der Waals surface area contributed by atoms with Gasteiger partial charge in [0.05, 0.1) is 18.9 Å².